The van der Waals surface area contributed by atoms with Crippen molar-refractivity contribution in [3.05, 3.63) is 33.4 Å². The number of nitrogens with zero attached hydrogens (tertiary/aromatic N) is 3. The Kier molecular flexibility index (Phi) is 6.48. The lowest BCUT2D eigenvalue weighted by atomic mass is 10.2. The average Bonchev–Trinajstić information content (AvgIpc) is 2.97. The molecule has 0 aliphatic carbocycles. The van der Waals surface area contributed by atoms with E-state index >= 15 is 0 Å². The highest BCUT2D eigenvalue weighted by Crippen LogP contribution is 2.39. The molecule has 150 valence electrons. The predicted molar refractivity (Wildman–Crippen MR) is 101 cm³/mol. The van der Waals surface area contributed by atoms with Gasteiger partial charge in [0.15, 0.2) is 5.84 Å². The Balaban J connectivity index is 2.85. The highest BCUT2D eigenvalue weighted by Gasteiger charge is 2.33. The van der Waals surface area contributed by atoms with Crippen LogP contribution in [0.2, 0.25) is 10.0 Å². The smallest absolute Gasteiger partial charge is 0.409 e. The summed E-state index contributed by atoms with van der Waals surface area (Å²) in [5.41, 5.74) is 4.20. The van der Waals surface area contributed by atoms with Crippen molar-refractivity contribution in [1.82, 2.24) is 9.78 Å². The maximum atomic E-state index is 13.0. The van der Waals surface area contributed by atoms with Crippen molar-refractivity contribution in [3.63, 3.8) is 0 Å². The molecule has 2 rings (SSSR count). The van der Waals surface area contributed by atoms with Crippen LogP contribution in [0, 0.1) is 12.3 Å². The van der Waals surface area contributed by atoms with E-state index in [9.17, 15) is 17.4 Å². The molecule has 0 spiro atoms. The lowest BCUT2D eigenvalue weighted by Crippen LogP contribution is -2.16. The third-order valence-corrected chi connectivity index (χ3v) is 4.93. The zero-order valence-electron chi connectivity index (χ0n) is 14.0. The van der Waals surface area contributed by atoms with Gasteiger partial charge in [0.05, 0.1) is 33.0 Å². The van der Waals surface area contributed by atoms with Gasteiger partial charge in [-0.1, -0.05) is 34.3 Å². The Hall–Kier alpha value is -2.42. The quantitative estimate of drug-likeness (QED) is 0.212. The van der Waals surface area contributed by atoms with Gasteiger partial charge >= 0.3 is 6.18 Å². The van der Waals surface area contributed by atoms with Gasteiger partial charge in [0.2, 0.25) is 0 Å². The normalized spacial score (nSPS) is 13.2. The molecule has 0 radical (unpaired) electrons. The highest BCUT2D eigenvalue weighted by atomic mass is 35.5. The number of hydrogen-bond acceptors (Lipinski definition) is 5. The Bertz CT molecular complexity index is 991. The molecule has 4 N–H and O–H groups in total. The predicted octanol–water partition coefficient (Wildman–Crippen LogP) is 3.07. The summed E-state index contributed by atoms with van der Waals surface area (Å²) < 4.78 is 52.2. The van der Waals surface area contributed by atoms with Crippen molar-refractivity contribution in [1.29, 1.82) is 0 Å². The van der Waals surface area contributed by atoms with Gasteiger partial charge < -0.3 is 16.3 Å². The van der Waals surface area contributed by atoms with Crippen molar-refractivity contribution in [2.24, 2.45) is 10.9 Å². The van der Waals surface area contributed by atoms with E-state index in [1.165, 1.54) is 6.26 Å². The minimum atomic E-state index is -4.67. The van der Waals surface area contributed by atoms with Gasteiger partial charge in [-0.25, -0.2) is 4.68 Å². The molecule has 1 unspecified atom stereocenters. The second-order valence-electron chi connectivity index (χ2n) is 5.22. The number of anilines is 1. The van der Waals surface area contributed by atoms with Gasteiger partial charge in [-0.15, -0.1) is 6.42 Å². The molecule has 0 fully saturated rings. The lowest BCUT2D eigenvalue weighted by Gasteiger charge is -2.15. The van der Waals surface area contributed by atoms with E-state index in [2.05, 4.69) is 21.5 Å². The number of oxime groups is 1. The molecule has 2 aromatic rings. The van der Waals surface area contributed by atoms with Crippen molar-refractivity contribution >= 4 is 45.7 Å². The second-order valence-corrected chi connectivity index (χ2v) is 7.35. The number of amidine groups is 1. The van der Waals surface area contributed by atoms with Crippen LogP contribution in [-0.4, -0.2) is 37.8 Å². The van der Waals surface area contributed by atoms with Gasteiger partial charge in [-0.05, 0) is 12.1 Å². The molecule has 13 heteroatoms. The van der Waals surface area contributed by atoms with E-state index in [1.54, 1.807) is 0 Å². The summed E-state index contributed by atoms with van der Waals surface area (Å²) >= 11 is 12.1. The highest BCUT2D eigenvalue weighted by molar-refractivity contribution is 7.84. The van der Waals surface area contributed by atoms with Crippen molar-refractivity contribution in [2.45, 2.75) is 11.1 Å². The van der Waals surface area contributed by atoms with Crippen LogP contribution in [0.4, 0.5) is 19.0 Å². The van der Waals surface area contributed by atoms with Gasteiger partial charge in [0, 0.05) is 6.26 Å². The largest absolute Gasteiger partial charge is 0.416 e. The minimum absolute atomic E-state index is 0.00224. The fourth-order valence-corrected chi connectivity index (χ4v) is 3.77. The van der Waals surface area contributed by atoms with Crippen LogP contribution in [0.25, 0.3) is 5.69 Å². The summed E-state index contributed by atoms with van der Waals surface area (Å²) in [7, 11) is -1.71. The number of terminal acetylenes is 1. The summed E-state index contributed by atoms with van der Waals surface area (Å²) in [6, 6.07) is 1.34. The standard InChI is InChI=1S/C15H12Cl2F3N5O2S/c1-3-4-22-14-12(28(2)27)10(13(21)24-26)23-25(14)11-8(16)5-7(6-9(11)17)15(18,19)20/h1,5-6,22,26H,4H2,2H3,(H2,21,24). The molecular weight excluding hydrogens is 442 g/mol. The molecule has 1 heterocycles. The number of nitrogens with one attached hydrogen (secondary N) is 1. The molecule has 0 saturated heterocycles. The first-order valence-corrected chi connectivity index (χ1v) is 9.52. The van der Waals surface area contributed by atoms with Crippen LogP contribution in [0.15, 0.2) is 22.2 Å². The zero-order valence-corrected chi connectivity index (χ0v) is 16.3. The maximum Gasteiger partial charge on any atom is 0.416 e. The molecule has 28 heavy (non-hydrogen) atoms. The monoisotopic (exact) mass is 453 g/mol. The number of nitrogens with two attached hydrogens (primary N) is 1. The second kappa shape index (κ2) is 8.30. The molecular formula is C15H12Cl2F3N5O2S. The van der Waals surface area contributed by atoms with E-state index in [0.29, 0.717) is 12.1 Å². The van der Waals surface area contributed by atoms with E-state index < -0.39 is 28.4 Å². The first-order chi connectivity index (χ1) is 13.0. The first kappa shape index (κ1) is 21.9. The summed E-state index contributed by atoms with van der Waals surface area (Å²) in [6.45, 7) is -0.0542. The summed E-state index contributed by atoms with van der Waals surface area (Å²) in [5, 5.41) is 17.8. The van der Waals surface area contributed by atoms with E-state index in [4.69, 9.17) is 40.6 Å². The molecule has 7 nitrogen and oxygen atoms in total. The SMILES string of the molecule is C#CCNc1c(S(C)=O)c(/C(N)=N\O)nn1-c1c(Cl)cc(C(F)(F)F)cc1Cl. The first-order valence-electron chi connectivity index (χ1n) is 7.21. The van der Waals surface area contributed by atoms with Crippen molar-refractivity contribution in [3.8, 4) is 18.0 Å². The summed E-state index contributed by atoms with van der Waals surface area (Å²) in [4.78, 5) is -0.00224. The number of halogens is 5. The van der Waals surface area contributed by atoms with Crippen molar-refractivity contribution in [2.75, 3.05) is 18.1 Å². The molecule has 0 aliphatic heterocycles. The fraction of sp³-hybridized carbons (Fsp3) is 0.200. The molecule has 0 bridgehead atoms. The maximum absolute atomic E-state index is 13.0. The number of alkyl halides is 3. The van der Waals surface area contributed by atoms with Crippen LogP contribution < -0.4 is 11.1 Å². The van der Waals surface area contributed by atoms with E-state index in [-0.39, 0.29) is 38.7 Å². The van der Waals surface area contributed by atoms with Crippen LogP contribution in [-0.2, 0) is 17.0 Å². The Labute approximate surface area is 169 Å². The number of aromatic nitrogens is 2. The Morgan fingerprint density at radius 1 is 1.46 bits per heavy atom. The number of hydrogen-bond donors (Lipinski definition) is 3. The summed E-state index contributed by atoms with van der Waals surface area (Å²) in [6.07, 6.45) is 1.86. The average molecular weight is 454 g/mol. The van der Waals surface area contributed by atoms with Gasteiger partial charge in [0.1, 0.15) is 22.1 Å². The molecule has 1 aromatic carbocycles. The van der Waals surface area contributed by atoms with Crippen molar-refractivity contribution < 1.29 is 22.6 Å². The Morgan fingerprint density at radius 2 is 2.04 bits per heavy atom. The third kappa shape index (κ3) is 4.19. The zero-order chi connectivity index (χ0) is 21.2. The van der Waals surface area contributed by atoms with E-state index in [0.717, 1.165) is 4.68 Å². The third-order valence-electron chi connectivity index (χ3n) is 3.39. The van der Waals surface area contributed by atoms with Crippen LogP contribution >= 0.6 is 23.2 Å². The van der Waals surface area contributed by atoms with Crippen LogP contribution in [0.5, 0.6) is 0 Å². The fourth-order valence-electron chi connectivity index (χ4n) is 2.27. The molecule has 0 aliphatic rings. The summed E-state index contributed by atoms with van der Waals surface area (Å²) in [5.74, 6) is 1.83. The number of benzene rings is 1. The Morgan fingerprint density at radius 3 is 2.46 bits per heavy atom. The van der Waals surface area contributed by atoms with Crippen LogP contribution in [0.1, 0.15) is 11.3 Å². The van der Waals surface area contributed by atoms with Crippen LogP contribution in [0.3, 0.4) is 0 Å². The molecule has 0 saturated carbocycles. The number of rotatable bonds is 5. The van der Waals surface area contributed by atoms with Gasteiger partial charge in [0.25, 0.3) is 0 Å². The molecule has 1 atom stereocenters. The minimum Gasteiger partial charge on any atom is -0.409 e. The molecule has 0 amide bonds. The van der Waals surface area contributed by atoms with Gasteiger partial charge in [-0.2, -0.15) is 18.3 Å². The van der Waals surface area contributed by atoms with E-state index in [1.807, 2.05) is 0 Å². The topological polar surface area (TPSA) is 106 Å². The lowest BCUT2D eigenvalue weighted by molar-refractivity contribution is -0.137. The molecule has 1 aromatic heterocycles. The van der Waals surface area contributed by atoms with Gasteiger partial charge in [-0.3, -0.25) is 4.21 Å².